The molecule has 4 fully saturated rings. The Bertz CT molecular complexity index is 860. The Hall–Kier alpha value is -2.32. The second-order valence-electron chi connectivity index (χ2n) is 8.59. The van der Waals surface area contributed by atoms with Gasteiger partial charge in [-0.15, -0.1) is 0 Å². The van der Waals surface area contributed by atoms with Crippen LogP contribution in [-0.4, -0.2) is 66.7 Å². The zero-order chi connectivity index (χ0) is 20.1. The van der Waals surface area contributed by atoms with Gasteiger partial charge >= 0.3 is 0 Å². The summed E-state index contributed by atoms with van der Waals surface area (Å²) >= 11 is 0. The second kappa shape index (κ2) is 7.18. The van der Waals surface area contributed by atoms with Crippen LogP contribution in [0.4, 0.5) is 10.1 Å². The minimum absolute atomic E-state index is 0.0627. The lowest BCUT2D eigenvalue weighted by molar-refractivity contribution is -0.131. The minimum atomic E-state index is -0.462. The third-order valence-electron chi connectivity index (χ3n) is 6.95. The maximum absolute atomic E-state index is 15.0. The van der Waals surface area contributed by atoms with Crippen LogP contribution < -0.4 is 15.5 Å². The number of piperidine rings is 3. The van der Waals surface area contributed by atoms with Crippen molar-refractivity contribution in [1.82, 2.24) is 15.5 Å². The van der Waals surface area contributed by atoms with Gasteiger partial charge in [0.1, 0.15) is 5.82 Å². The summed E-state index contributed by atoms with van der Waals surface area (Å²) in [5.74, 6) is -0.930. The first-order valence-electron chi connectivity index (χ1n) is 10.4. The molecule has 4 atom stereocenters. The van der Waals surface area contributed by atoms with Crippen LogP contribution in [-0.2, 0) is 16.1 Å². The molecule has 1 aromatic rings. The lowest BCUT2D eigenvalue weighted by Gasteiger charge is -2.47. The summed E-state index contributed by atoms with van der Waals surface area (Å²) in [6.07, 6.45) is 3.71. The van der Waals surface area contributed by atoms with Crippen LogP contribution in [0, 0.1) is 5.82 Å². The Labute approximate surface area is 168 Å². The summed E-state index contributed by atoms with van der Waals surface area (Å²) in [6, 6.07) is 3.44. The number of piperazine rings is 1. The summed E-state index contributed by atoms with van der Waals surface area (Å²) in [7, 11) is 0. The molecule has 0 aromatic heterocycles. The minimum Gasteiger partial charge on any atom is -0.363 e. The summed E-state index contributed by atoms with van der Waals surface area (Å²) in [5.41, 5.74) is 1.91. The van der Waals surface area contributed by atoms with E-state index in [-0.39, 0.29) is 17.8 Å². The first-order valence-corrected chi connectivity index (χ1v) is 10.4. The molecule has 5 aliphatic rings. The van der Waals surface area contributed by atoms with Crippen molar-refractivity contribution in [3.8, 4) is 0 Å². The molecule has 0 radical (unpaired) electrons. The molecule has 4 unspecified atom stereocenters. The molecular formula is C21H25FN4O3. The molecule has 2 N–H and O–H groups in total. The molecule has 5 aliphatic heterocycles. The maximum Gasteiger partial charge on any atom is 0.254 e. The Kier molecular flexibility index (Phi) is 4.63. The molecule has 154 valence electrons. The van der Waals surface area contributed by atoms with Gasteiger partial charge in [-0.2, -0.15) is 0 Å². The Morgan fingerprint density at radius 3 is 2.45 bits per heavy atom. The molecule has 1 amide bonds. The molecule has 1 aromatic carbocycles. The molecule has 2 bridgehead atoms. The molecule has 7 nitrogen and oxygen atoms in total. The van der Waals surface area contributed by atoms with Crippen LogP contribution in [0.2, 0.25) is 0 Å². The maximum atomic E-state index is 15.0. The van der Waals surface area contributed by atoms with Gasteiger partial charge in [-0.3, -0.25) is 14.4 Å². The zero-order valence-corrected chi connectivity index (χ0v) is 16.2. The highest BCUT2D eigenvalue weighted by atomic mass is 19.1. The van der Waals surface area contributed by atoms with E-state index < -0.39 is 11.8 Å². The fourth-order valence-corrected chi connectivity index (χ4v) is 5.30. The van der Waals surface area contributed by atoms with Gasteiger partial charge in [0, 0.05) is 49.9 Å². The van der Waals surface area contributed by atoms with E-state index in [0.29, 0.717) is 55.6 Å². The summed E-state index contributed by atoms with van der Waals surface area (Å²) in [5, 5.41) is 6.56. The monoisotopic (exact) mass is 400 g/mol. The highest BCUT2D eigenvalue weighted by Crippen LogP contribution is 2.35. The zero-order valence-electron chi connectivity index (χ0n) is 16.2. The number of amides is 1. The number of halogens is 1. The number of hydrogen-bond acceptors (Lipinski definition) is 6. The van der Waals surface area contributed by atoms with E-state index in [1.165, 1.54) is 6.07 Å². The molecule has 8 heteroatoms. The smallest absolute Gasteiger partial charge is 0.254 e. The Morgan fingerprint density at radius 2 is 1.83 bits per heavy atom. The molecule has 5 heterocycles. The molecule has 0 spiro atoms. The van der Waals surface area contributed by atoms with Gasteiger partial charge in [0.15, 0.2) is 6.29 Å². The molecule has 29 heavy (non-hydrogen) atoms. The number of nitrogens with one attached hydrogen (secondary N) is 2. The highest BCUT2D eigenvalue weighted by molar-refractivity contribution is 6.27. The predicted octanol–water partition coefficient (Wildman–Crippen LogP) is 0.611. The molecule has 4 saturated heterocycles. The fraction of sp³-hybridized carbons (Fsp3) is 0.571. The van der Waals surface area contributed by atoms with Crippen LogP contribution in [0.25, 0.3) is 0 Å². The fourth-order valence-electron chi connectivity index (χ4n) is 5.30. The van der Waals surface area contributed by atoms with Crippen molar-refractivity contribution in [2.75, 3.05) is 24.5 Å². The number of carbonyl (C=O) groups is 3. The molecular weight excluding hydrogens is 375 g/mol. The molecule has 0 saturated carbocycles. The van der Waals surface area contributed by atoms with Crippen LogP contribution in [0.3, 0.4) is 0 Å². The largest absolute Gasteiger partial charge is 0.363 e. The number of carbonyl (C=O) groups excluding carboxylic acids is 3. The van der Waals surface area contributed by atoms with Gasteiger partial charge in [-0.1, -0.05) is 0 Å². The summed E-state index contributed by atoms with van der Waals surface area (Å²) < 4.78 is 15.0. The third kappa shape index (κ3) is 3.14. The first kappa shape index (κ1) is 18.7. The lowest BCUT2D eigenvalue weighted by atomic mass is 9.92. The number of ketones is 1. The van der Waals surface area contributed by atoms with Crippen LogP contribution in [0.1, 0.15) is 41.6 Å². The van der Waals surface area contributed by atoms with Crippen molar-refractivity contribution in [3.05, 3.63) is 29.1 Å². The Morgan fingerprint density at radius 1 is 1.07 bits per heavy atom. The number of benzene rings is 1. The standard InChI is InChI=1S/C21H25FN4O3/c22-17-6-16-12(5-19(17)25-10-13-1-2-14(25)7-23-13)9-26(21(16)29)15-3-4-18(24-8-15)20(28)11-27/h5-6,11,13-15,18,23-24H,1-4,7-10H2. The molecule has 0 aliphatic carbocycles. The average Bonchev–Trinajstić information content (AvgIpc) is 3.09. The number of aldehydes is 1. The van der Waals surface area contributed by atoms with Gasteiger partial charge in [0.05, 0.1) is 11.7 Å². The second-order valence-corrected chi connectivity index (χ2v) is 8.59. The van der Waals surface area contributed by atoms with Crippen molar-refractivity contribution >= 4 is 23.7 Å². The van der Waals surface area contributed by atoms with Crippen molar-refractivity contribution in [2.24, 2.45) is 0 Å². The van der Waals surface area contributed by atoms with Crippen molar-refractivity contribution in [1.29, 1.82) is 0 Å². The summed E-state index contributed by atoms with van der Waals surface area (Å²) in [6.45, 7) is 2.60. The Balaban J connectivity index is 1.33. The first-order chi connectivity index (χ1) is 14.0. The predicted molar refractivity (Wildman–Crippen MR) is 104 cm³/mol. The van der Waals surface area contributed by atoms with Crippen molar-refractivity contribution < 1.29 is 18.8 Å². The van der Waals surface area contributed by atoms with Gasteiger partial charge in [-0.25, -0.2) is 4.39 Å². The van der Waals surface area contributed by atoms with Gasteiger partial charge in [-0.05, 0) is 43.4 Å². The summed E-state index contributed by atoms with van der Waals surface area (Å²) in [4.78, 5) is 39.1. The van der Waals surface area contributed by atoms with E-state index in [0.717, 1.165) is 31.5 Å². The van der Waals surface area contributed by atoms with Gasteiger partial charge in [0.2, 0.25) is 5.78 Å². The lowest BCUT2D eigenvalue weighted by Crippen LogP contribution is -2.61. The quantitative estimate of drug-likeness (QED) is 0.569. The van der Waals surface area contributed by atoms with Gasteiger partial charge < -0.3 is 20.4 Å². The van der Waals surface area contributed by atoms with Crippen molar-refractivity contribution in [2.45, 2.75) is 56.4 Å². The van der Waals surface area contributed by atoms with Crippen LogP contribution in [0.5, 0.6) is 0 Å². The van der Waals surface area contributed by atoms with E-state index >= 15 is 0 Å². The number of rotatable bonds is 4. The number of anilines is 1. The van der Waals surface area contributed by atoms with Crippen molar-refractivity contribution in [3.63, 3.8) is 0 Å². The van der Waals surface area contributed by atoms with Gasteiger partial charge in [0.25, 0.3) is 5.91 Å². The van der Waals surface area contributed by atoms with E-state index in [2.05, 4.69) is 15.5 Å². The van der Waals surface area contributed by atoms with Crippen LogP contribution >= 0.6 is 0 Å². The van der Waals surface area contributed by atoms with E-state index in [1.807, 2.05) is 6.07 Å². The topological polar surface area (TPSA) is 81.8 Å². The highest BCUT2D eigenvalue weighted by Gasteiger charge is 2.39. The van der Waals surface area contributed by atoms with Crippen LogP contribution in [0.15, 0.2) is 12.1 Å². The van der Waals surface area contributed by atoms with E-state index in [4.69, 9.17) is 0 Å². The number of nitrogens with zero attached hydrogens (tertiary/aromatic N) is 2. The average molecular weight is 400 g/mol. The molecule has 6 rings (SSSR count). The van der Waals surface area contributed by atoms with E-state index in [1.54, 1.807) is 4.90 Å². The normalized spacial score (nSPS) is 31.1. The SMILES string of the molecule is O=CC(=O)C1CCC(N2Cc3cc(N4CC5CCC4CN5)c(F)cc3C2=O)CN1. The third-order valence-corrected chi connectivity index (χ3v) is 6.95. The number of hydrogen-bond donors (Lipinski definition) is 2. The number of Topliss-reactive ketones (excluding diaryl/α,β-unsaturated/α-hetero) is 1. The van der Waals surface area contributed by atoms with E-state index in [9.17, 15) is 18.8 Å². The number of fused-ring (bicyclic) bond motifs is 4.